The number of rotatable bonds is 2. The standard InChI is InChI=1S/C12H16N4O5/c1-4-2-16(9-6(4)10(20)15-12(13)14-9)11-8(19)7(18)5(3-17)21-11/h2,5,7-8,11,17-19H,3H2,1H3,(H3,13,14,15,20)/t5-,7-,8-,11-/m1/s1. The van der Waals surface area contributed by atoms with Crippen molar-refractivity contribution in [2.75, 3.05) is 12.3 Å². The zero-order valence-electron chi connectivity index (χ0n) is 11.2. The number of aromatic amines is 1. The molecule has 9 heteroatoms. The molecule has 9 nitrogen and oxygen atoms in total. The summed E-state index contributed by atoms with van der Waals surface area (Å²) in [4.78, 5) is 18.4. The second-order valence-corrected chi connectivity index (χ2v) is 5.10. The van der Waals surface area contributed by atoms with Gasteiger partial charge in [-0.05, 0) is 12.5 Å². The van der Waals surface area contributed by atoms with Gasteiger partial charge in [-0.15, -0.1) is 0 Å². The number of H-pyrrole nitrogens is 1. The van der Waals surface area contributed by atoms with Crippen molar-refractivity contribution >= 4 is 17.0 Å². The predicted octanol–water partition coefficient (Wildman–Crippen LogP) is -1.77. The van der Waals surface area contributed by atoms with Crippen LogP contribution in [0.25, 0.3) is 11.0 Å². The minimum absolute atomic E-state index is 0.0569. The van der Waals surface area contributed by atoms with E-state index in [0.717, 1.165) is 0 Å². The molecule has 1 aliphatic heterocycles. The molecule has 0 aromatic carbocycles. The van der Waals surface area contributed by atoms with Crippen LogP contribution in [0.2, 0.25) is 0 Å². The molecular formula is C12H16N4O5. The van der Waals surface area contributed by atoms with Crippen LogP contribution in [0.5, 0.6) is 0 Å². The van der Waals surface area contributed by atoms with Crippen LogP contribution in [-0.4, -0.2) is 54.8 Å². The predicted molar refractivity (Wildman–Crippen MR) is 72.5 cm³/mol. The van der Waals surface area contributed by atoms with Gasteiger partial charge in [0.15, 0.2) is 11.9 Å². The fourth-order valence-electron chi connectivity index (χ4n) is 2.66. The van der Waals surface area contributed by atoms with E-state index in [1.165, 1.54) is 4.57 Å². The first kappa shape index (κ1) is 14.0. The van der Waals surface area contributed by atoms with Crippen molar-refractivity contribution in [3.8, 4) is 0 Å². The van der Waals surface area contributed by atoms with E-state index in [-0.39, 0.29) is 17.2 Å². The summed E-state index contributed by atoms with van der Waals surface area (Å²) in [5.74, 6) is -0.0569. The summed E-state index contributed by atoms with van der Waals surface area (Å²) in [6.07, 6.45) is -2.74. The molecule has 4 atom stereocenters. The summed E-state index contributed by atoms with van der Waals surface area (Å²) in [7, 11) is 0. The van der Waals surface area contributed by atoms with E-state index >= 15 is 0 Å². The molecule has 0 aliphatic carbocycles. The lowest BCUT2D eigenvalue weighted by Gasteiger charge is -2.17. The first-order valence-corrected chi connectivity index (χ1v) is 6.43. The van der Waals surface area contributed by atoms with Crippen molar-refractivity contribution < 1.29 is 20.1 Å². The lowest BCUT2D eigenvalue weighted by atomic mass is 10.1. The van der Waals surface area contributed by atoms with E-state index in [9.17, 15) is 15.0 Å². The van der Waals surface area contributed by atoms with Crippen LogP contribution in [-0.2, 0) is 4.74 Å². The Hall–Kier alpha value is -1.94. The van der Waals surface area contributed by atoms with Gasteiger partial charge in [0.2, 0.25) is 5.95 Å². The van der Waals surface area contributed by atoms with Crippen molar-refractivity contribution in [2.24, 2.45) is 0 Å². The van der Waals surface area contributed by atoms with E-state index in [4.69, 9.17) is 15.6 Å². The Bertz CT molecular complexity index is 739. The summed E-state index contributed by atoms with van der Waals surface area (Å²) in [5, 5.41) is 29.3. The van der Waals surface area contributed by atoms with E-state index in [2.05, 4.69) is 9.97 Å². The molecule has 0 amide bonds. The number of nitrogens with one attached hydrogen (secondary N) is 1. The van der Waals surface area contributed by atoms with E-state index in [1.807, 2.05) is 0 Å². The number of hydrogen-bond acceptors (Lipinski definition) is 7. The molecule has 1 fully saturated rings. The van der Waals surface area contributed by atoms with Gasteiger partial charge in [-0.25, -0.2) is 0 Å². The Morgan fingerprint density at radius 1 is 1.48 bits per heavy atom. The maximum Gasteiger partial charge on any atom is 0.262 e. The Kier molecular flexibility index (Phi) is 3.21. The van der Waals surface area contributed by atoms with Crippen molar-refractivity contribution in [2.45, 2.75) is 31.5 Å². The van der Waals surface area contributed by atoms with Crippen LogP contribution in [0.15, 0.2) is 11.0 Å². The van der Waals surface area contributed by atoms with Gasteiger partial charge in [-0.2, -0.15) is 4.98 Å². The largest absolute Gasteiger partial charge is 0.394 e. The van der Waals surface area contributed by atoms with Crippen molar-refractivity contribution in [1.29, 1.82) is 0 Å². The molecule has 2 aromatic rings. The summed E-state index contributed by atoms with van der Waals surface area (Å²) in [6.45, 7) is 1.29. The number of ether oxygens (including phenoxy) is 1. The zero-order valence-corrected chi connectivity index (χ0v) is 11.2. The molecule has 0 bridgehead atoms. The molecule has 0 spiro atoms. The third-order valence-electron chi connectivity index (χ3n) is 3.68. The molecule has 2 aromatic heterocycles. The quantitative estimate of drug-likeness (QED) is 0.440. The average Bonchev–Trinajstić information content (AvgIpc) is 2.89. The van der Waals surface area contributed by atoms with E-state index in [1.54, 1.807) is 13.1 Å². The number of nitrogen functional groups attached to an aromatic ring is 1. The molecule has 1 aliphatic rings. The number of anilines is 1. The number of aromatic nitrogens is 3. The summed E-state index contributed by atoms with van der Waals surface area (Å²) in [6, 6.07) is 0. The van der Waals surface area contributed by atoms with Gasteiger partial charge >= 0.3 is 0 Å². The Labute approximate surface area is 118 Å². The average molecular weight is 296 g/mol. The van der Waals surface area contributed by atoms with Crippen LogP contribution >= 0.6 is 0 Å². The van der Waals surface area contributed by atoms with Crippen molar-refractivity contribution in [3.63, 3.8) is 0 Å². The lowest BCUT2D eigenvalue weighted by molar-refractivity contribution is -0.0508. The van der Waals surface area contributed by atoms with Gasteiger partial charge in [0.05, 0.1) is 12.0 Å². The smallest absolute Gasteiger partial charge is 0.262 e. The highest BCUT2D eigenvalue weighted by atomic mass is 16.6. The summed E-state index contributed by atoms with van der Waals surface area (Å²) < 4.78 is 6.89. The highest BCUT2D eigenvalue weighted by molar-refractivity contribution is 5.80. The van der Waals surface area contributed by atoms with E-state index < -0.39 is 31.1 Å². The topological polar surface area (TPSA) is 147 Å². The summed E-state index contributed by atoms with van der Waals surface area (Å²) in [5.41, 5.74) is 6.04. The number of nitrogens with two attached hydrogens (primary N) is 1. The van der Waals surface area contributed by atoms with Gasteiger partial charge in [-0.3, -0.25) is 9.78 Å². The fraction of sp³-hybridized carbons (Fsp3) is 0.500. The Morgan fingerprint density at radius 3 is 2.81 bits per heavy atom. The molecule has 0 unspecified atom stereocenters. The third kappa shape index (κ3) is 2.02. The molecule has 1 saturated heterocycles. The van der Waals surface area contributed by atoms with Crippen molar-refractivity contribution in [3.05, 3.63) is 22.1 Å². The van der Waals surface area contributed by atoms with Gasteiger partial charge in [0.25, 0.3) is 5.56 Å². The number of hydrogen-bond donors (Lipinski definition) is 5. The highest BCUT2D eigenvalue weighted by Crippen LogP contribution is 2.32. The Morgan fingerprint density at radius 2 is 2.19 bits per heavy atom. The van der Waals surface area contributed by atoms with Crippen LogP contribution in [0.4, 0.5) is 5.95 Å². The van der Waals surface area contributed by atoms with Gasteiger partial charge in [0, 0.05) is 6.20 Å². The number of aryl methyl sites for hydroxylation is 1. The van der Waals surface area contributed by atoms with Crippen LogP contribution < -0.4 is 11.3 Å². The molecule has 3 heterocycles. The molecule has 114 valence electrons. The molecule has 0 saturated carbocycles. The van der Waals surface area contributed by atoms with Crippen LogP contribution in [0, 0.1) is 6.92 Å². The van der Waals surface area contributed by atoms with Crippen LogP contribution in [0.3, 0.4) is 0 Å². The SMILES string of the molecule is Cc1cn([C@@H]2O[C@H](CO)[C@@H](O)[C@H]2O)c2nc(N)[nH]c(=O)c12. The first-order valence-electron chi connectivity index (χ1n) is 6.43. The normalized spacial score (nSPS) is 29.3. The number of fused-ring (bicyclic) bond motifs is 1. The molecule has 6 N–H and O–H groups in total. The minimum Gasteiger partial charge on any atom is -0.394 e. The maximum atomic E-state index is 11.9. The van der Waals surface area contributed by atoms with E-state index in [0.29, 0.717) is 10.9 Å². The van der Waals surface area contributed by atoms with Gasteiger partial charge < -0.3 is 30.4 Å². The lowest BCUT2D eigenvalue weighted by Crippen LogP contribution is -2.33. The molecular weight excluding hydrogens is 280 g/mol. The Balaban J connectivity index is 2.16. The first-order chi connectivity index (χ1) is 9.93. The highest BCUT2D eigenvalue weighted by Gasteiger charge is 2.44. The molecule has 3 rings (SSSR count). The van der Waals surface area contributed by atoms with Gasteiger partial charge in [0.1, 0.15) is 18.3 Å². The number of nitrogens with zero attached hydrogens (tertiary/aromatic N) is 2. The fourth-order valence-corrected chi connectivity index (χ4v) is 2.66. The minimum atomic E-state index is -1.25. The molecule has 0 radical (unpaired) electrons. The monoisotopic (exact) mass is 296 g/mol. The maximum absolute atomic E-state index is 11.9. The number of aliphatic hydroxyl groups is 3. The molecule has 21 heavy (non-hydrogen) atoms. The van der Waals surface area contributed by atoms with Crippen LogP contribution in [0.1, 0.15) is 11.8 Å². The summed E-state index contributed by atoms with van der Waals surface area (Å²) >= 11 is 0. The second-order valence-electron chi connectivity index (χ2n) is 5.10. The van der Waals surface area contributed by atoms with Crippen molar-refractivity contribution in [1.82, 2.24) is 14.5 Å². The number of aliphatic hydroxyl groups excluding tert-OH is 3. The van der Waals surface area contributed by atoms with Gasteiger partial charge in [-0.1, -0.05) is 0 Å². The zero-order chi connectivity index (χ0) is 15.3. The third-order valence-corrected chi connectivity index (χ3v) is 3.68. The second kappa shape index (κ2) is 4.81.